The third-order valence-corrected chi connectivity index (χ3v) is 3.77. The monoisotopic (exact) mass is 273 g/mol. The van der Waals surface area contributed by atoms with Gasteiger partial charge in [0, 0.05) is 30.8 Å². The average Bonchev–Trinajstić information content (AvgIpc) is 2.38. The first-order valence-corrected chi connectivity index (χ1v) is 7.25. The molecule has 0 spiro atoms. The van der Waals surface area contributed by atoms with E-state index in [9.17, 15) is 8.78 Å². The summed E-state index contributed by atoms with van der Waals surface area (Å²) in [6.45, 7) is 3.23. The van der Waals surface area contributed by atoms with Crippen molar-refractivity contribution < 1.29 is 8.78 Å². The molecule has 0 aromatic carbocycles. The molecule has 2 rings (SSSR count). The summed E-state index contributed by atoms with van der Waals surface area (Å²) in [5.41, 5.74) is 0.917. The maximum Gasteiger partial charge on any atom is 0.241 e. The summed E-state index contributed by atoms with van der Waals surface area (Å²) in [6.07, 6.45) is 0.813. The minimum Gasteiger partial charge on any atom is -0.356 e. The number of alkyl halides is 2. The molecule has 100 valence electrons. The first kappa shape index (κ1) is 13.5. The van der Waals surface area contributed by atoms with E-state index in [1.165, 1.54) is 11.8 Å². The topological polar surface area (TPSA) is 29.0 Å². The lowest BCUT2D eigenvalue weighted by atomic mass is 9.97. The number of rotatable bonds is 3. The van der Waals surface area contributed by atoms with E-state index in [1.54, 1.807) is 0 Å². The van der Waals surface area contributed by atoms with Gasteiger partial charge in [0.1, 0.15) is 5.82 Å². The van der Waals surface area contributed by atoms with Crippen molar-refractivity contribution in [3.63, 3.8) is 0 Å². The molecule has 0 aliphatic carbocycles. The van der Waals surface area contributed by atoms with E-state index in [4.69, 9.17) is 0 Å². The van der Waals surface area contributed by atoms with Gasteiger partial charge in [-0.05, 0) is 26.0 Å². The van der Waals surface area contributed by atoms with Crippen LogP contribution < -0.4 is 4.90 Å². The Morgan fingerprint density at radius 3 is 2.56 bits per heavy atom. The van der Waals surface area contributed by atoms with Gasteiger partial charge in [0.15, 0.2) is 5.16 Å². The van der Waals surface area contributed by atoms with Gasteiger partial charge >= 0.3 is 0 Å². The molecule has 3 nitrogen and oxygen atoms in total. The summed E-state index contributed by atoms with van der Waals surface area (Å²) in [7, 11) is 0. The standard InChI is InChI=1S/C12H17F2N3S/c1-8-7-10(16-12(15-8)18-2)17-5-3-9(4-6-17)11(13)14/h7,9,11H,3-6H2,1-2H3. The minimum atomic E-state index is -2.19. The molecule has 0 N–H and O–H groups in total. The number of aromatic nitrogens is 2. The van der Waals surface area contributed by atoms with Gasteiger partial charge in [-0.3, -0.25) is 0 Å². The highest BCUT2D eigenvalue weighted by molar-refractivity contribution is 7.98. The van der Waals surface area contributed by atoms with E-state index in [1.807, 2.05) is 19.2 Å². The van der Waals surface area contributed by atoms with Crippen LogP contribution >= 0.6 is 11.8 Å². The fourth-order valence-corrected chi connectivity index (χ4v) is 2.58. The van der Waals surface area contributed by atoms with Crippen LogP contribution in [0.25, 0.3) is 0 Å². The molecule has 1 aromatic heterocycles. The van der Waals surface area contributed by atoms with Gasteiger partial charge in [-0.15, -0.1) is 0 Å². The normalized spacial score (nSPS) is 17.5. The molecule has 0 radical (unpaired) electrons. The van der Waals surface area contributed by atoms with Crippen molar-refractivity contribution in [2.24, 2.45) is 5.92 Å². The van der Waals surface area contributed by atoms with Crippen molar-refractivity contribution in [3.8, 4) is 0 Å². The number of hydrogen-bond acceptors (Lipinski definition) is 4. The van der Waals surface area contributed by atoms with E-state index < -0.39 is 12.3 Å². The molecule has 6 heteroatoms. The maximum absolute atomic E-state index is 12.6. The summed E-state index contributed by atoms with van der Waals surface area (Å²) >= 11 is 1.50. The number of halogens is 2. The third-order valence-electron chi connectivity index (χ3n) is 3.22. The molecule has 1 aliphatic heterocycles. The van der Waals surface area contributed by atoms with E-state index >= 15 is 0 Å². The molecule has 0 amide bonds. The lowest BCUT2D eigenvalue weighted by Crippen LogP contribution is -2.36. The minimum absolute atomic E-state index is 0.454. The third kappa shape index (κ3) is 3.10. The van der Waals surface area contributed by atoms with Crippen LogP contribution in [-0.4, -0.2) is 35.7 Å². The van der Waals surface area contributed by atoms with Crippen molar-refractivity contribution in [2.75, 3.05) is 24.2 Å². The molecule has 18 heavy (non-hydrogen) atoms. The second-order valence-corrected chi connectivity index (χ2v) is 5.29. The van der Waals surface area contributed by atoms with Gasteiger partial charge in [0.2, 0.25) is 6.43 Å². The smallest absolute Gasteiger partial charge is 0.241 e. The number of aryl methyl sites for hydroxylation is 1. The number of piperidine rings is 1. The highest BCUT2D eigenvalue weighted by atomic mass is 32.2. The van der Waals surface area contributed by atoms with Crippen LogP contribution in [0.3, 0.4) is 0 Å². The Kier molecular flexibility index (Phi) is 4.37. The molecule has 1 saturated heterocycles. The molecule has 0 unspecified atom stereocenters. The Hall–Kier alpha value is -0.910. The van der Waals surface area contributed by atoms with E-state index in [-0.39, 0.29) is 0 Å². The van der Waals surface area contributed by atoms with Crippen molar-refractivity contribution in [1.82, 2.24) is 9.97 Å². The van der Waals surface area contributed by atoms with Gasteiger partial charge in [0.05, 0.1) is 0 Å². The fraction of sp³-hybridized carbons (Fsp3) is 0.667. The zero-order valence-electron chi connectivity index (χ0n) is 10.6. The predicted octanol–water partition coefficient (Wildman–Crippen LogP) is 2.99. The highest BCUT2D eigenvalue weighted by Crippen LogP contribution is 2.27. The lowest BCUT2D eigenvalue weighted by Gasteiger charge is -2.32. The van der Waals surface area contributed by atoms with Crippen LogP contribution in [0.1, 0.15) is 18.5 Å². The first-order chi connectivity index (χ1) is 8.60. The second-order valence-electron chi connectivity index (χ2n) is 4.51. The van der Waals surface area contributed by atoms with Gasteiger partial charge < -0.3 is 4.90 Å². The van der Waals surface area contributed by atoms with Crippen LogP contribution in [0.2, 0.25) is 0 Å². The quantitative estimate of drug-likeness (QED) is 0.625. The van der Waals surface area contributed by atoms with Crippen LogP contribution in [0.4, 0.5) is 14.6 Å². The zero-order chi connectivity index (χ0) is 13.1. The Morgan fingerprint density at radius 1 is 1.33 bits per heavy atom. The van der Waals surface area contributed by atoms with Crippen molar-refractivity contribution in [1.29, 1.82) is 0 Å². The predicted molar refractivity (Wildman–Crippen MR) is 69.5 cm³/mol. The van der Waals surface area contributed by atoms with Crippen LogP contribution in [0.15, 0.2) is 11.2 Å². The number of anilines is 1. The van der Waals surface area contributed by atoms with Gasteiger partial charge in [-0.2, -0.15) is 0 Å². The summed E-state index contributed by atoms with van der Waals surface area (Å²) < 4.78 is 25.2. The van der Waals surface area contributed by atoms with Crippen molar-refractivity contribution in [2.45, 2.75) is 31.3 Å². The SMILES string of the molecule is CSc1nc(C)cc(N2CCC(C(F)F)CC2)n1. The number of thioether (sulfide) groups is 1. The molecule has 0 atom stereocenters. The molecular formula is C12H17F2N3S. The largest absolute Gasteiger partial charge is 0.356 e. The summed E-state index contributed by atoms with van der Waals surface area (Å²) in [5, 5.41) is 0.737. The van der Waals surface area contributed by atoms with E-state index in [2.05, 4.69) is 14.9 Å². The maximum atomic E-state index is 12.6. The van der Waals surface area contributed by atoms with Crippen LogP contribution in [0.5, 0.6) is 0 Å². The molecule has 0 bridgehead atoms. The fourth-order valence-electron chi connectivity index (χ4n) is 2.16. The lowest BCUT2D eigenvalue weighted by molar-refractivity contribution is 0.0635. The summed E-state index contributed by atoms with van der Waals surface area (Å²) in [6, 6.07) is 1.92. The first-order valence-electron chi connectivity index (χ1n) is 6.03. The number of nitrogens with zero attached hydrogens (tertiary/aromatic N) is 3. The van der Waals surface area contributed by atoms with Gasteiger partial charge in [-0.25, -0.2) is 18.7 Å². The number of hydrogen-bond donors (Lipinski definition) is 0. The highest BCUT2D eigenvalue weighted by Gasteiger charge is 2.26. The Labute approximate surface area is 110 Å². The van der Waals surface area contributed by atoms with Crippen molar-refractivity contribution in [3.05, 3.63) is 11.8 Å². The average molecular weight is 273 g/mol. The van der Waals surface area contributed by atoms with Crippen molar-refractivity contribution >= 4 is 17.6 Å². The van der Waals surface area contributed by atoms with Crippen LogP contribution in [0, 0.1) is 12.8 Å². The molecule has 2 heterocycles. The van der Waals surface area contributed by atoms with E-state index in [0.29, 0.717) is 25.9 Å². The van der Waals surface area contributed by atoms with Gasteiger partial charge in [-0.1, -0.05) is 11.8 Å². The van der Waals surface area contributed by atoms with Crippen LogP contribution in [-0.2, 0) is 0 Å². The molecule has 1 fully saturated rings. The molecule has 0 saturated carbocycles. The summed E-state index contributed by atoms with van der Waals surface area (Å²) in [5.74, 6) is 0.406. The van der Waals surface area contributed by atoms with Gasteiger partial charge in [0.25, 0.3) is 0 Å². The Morgan fingerprint density at radius 2 is 2.00 bits per heavy atom. The molecule has 1 aliphatic rings. The molecule has 1 aromatic rings. The molecular weight excluding hydrogens is 256 g/mol. The second kappa shape index (κ2) is 5.82. The Balaban J connectivity index is 2.07. The Bertz CT molecular complexity index is 406. The summed E-state index contributed by atoms with van der Waals surface area (Å²) in [4.78, 5) is 10.8. The zero-order valence-corrected chi connectivity index (χ0v) is 11.4. The van der Waals surface area contributed by atoms with E-state index in [0.717, 1.165) is 16.7 Å².